The number of allylic oxidation sites excluding steroid dienone is 1. The van der Waals surface area contributed by atoms with Gasteiger partial charge in [0.2, 0.25) is 5.82 Å². The first-order valence-electron chi connectivity index (χ1n) is 4.55. The Bertz CT molecular complexity index is 521. The Kier molecular flexibility index (Phi) is 3.22. The Balaban J connectivity index is 2.38. The maximum Gasteiger partial charge on any atom is 0.206 e. The van der Waals surface area contributed by atoms with Gasteiger partial charge >= 0.3 is 0 Å². The van der Waals surface area contributed by atoms with Crippen molar-refractivity contribution >= 4 is 23.2 Å². The van der Waals surface area contributed by atoms with Crippen molar-refractivity contribution in [1.29, 1.82) is 0 Å². The molecule has 0 atom stereocenters. The number of halogens is 2. The van der Waals surface area contributed by atoms with E-state index in [1.165, 1.54) is 4.80 Å². The van der Waals surface area contributed by atoms with Crippen LogP contribution in [0, 0.1) is 0 Å². The highest BCUT2D eigenvalue weighted by atomic mass is 35.5. The molecule has 0 fully saturated rings. The van der Waals surface area contributed by atoms with Gasteiger partial charge in [0.05, 0.1) is 11.6 Å². The van der Waals surface area contributed by atoms with Crippen LogP contribution in [0.25, 0.3) is 11.4 Å². The van der Waals surface area contributed by atoms with Crippen molar-refractivity contribution in [3.05, 3.63) is 40.9 Å². The Morgan fingerprint density at radius 1 is 1.38 bits per heavy atom. The van der Waals surface area contributed by atoms with Crippen LogP contribution < -0.4 is 0 Å². The zero-order valence-corrected chi connectivity index (χ0v) is 9.78. The average molecular weight is 255 g/mol. The second-order valence-electron chi connectivity index (χ2n) is 3.08. The molecular formula is C10H8Cl2N4. The minimum Gasteiger partial charge on any atom is -0.160 e. The Morgan fingerprint density at radius 2 is 2.19 bits per heavy atom. The van der Waals surface area contributed by atoms with Gasteiger partial charge in [-0.05, 0) is 23.4 Å². The fourth-order valence-corrected chi connectivity index (χ4v) is 1.71. The summed E-state index contributed by atoms with van der Waals surface area (Å²) < 4.78 is 0. The highest BCUT2D eigenvalue weighted by Gasteiger charge is 2.09. The van der Waals surface area contributed by atoms with E-state index in [0.29, 0.717) is 28.0 Å². The SMILES string of the molecule is C=CCn1nnc(-c2ccc(Cl)cc2Cl)n1. The molecule has 6 heteroatoms. The third kappa shape index (κ3) is 2.23. The molecule has 1 aromatic heterocycles. The van der Waals surface area contributed by atoms with E-state index in [1.807, 2.05) is 0 Å². The quantitative estimate of drug-likeness (QED) is 0.792. The van der Waals surface area contributed by atoms with Crippen molar-refractivity contribution in [3.63, 3.8) is 0 Å². The van der Waals surface area contributed by atoms with Crippen molar-refractivity contribution < 1.29 is 0 Å². The van der Waals surface area contributed by atoms with E-state index in [1.54, 1.807) is 24.3 Å². The van der Waals surface area contributed by atoms with Crippen LogP contribution in [0.4, 0.5) is 0 Å². The summed E-state index contributed by atoms with van der Waals surface area (Å²) in [7, 11) is 0. The third-order valence-electron chi connectivity index (χ3n) is 1.92. The van der Waals surface area contributed by atoms with Gasteiger partial charge in [0.15, 0.2) is 0 Å². The Hall–Kier alpha value is -1.39. The molecule has 1 heterocycles. The predicted molar refractivity (Wildman–Crippen MR) is 63.5 cm³/mol. The maximum atomic E-state index is 6.03. The summed E-state index contributed by atoms with van der Waals surface area (Å²) in [6, 6.07) is 5.14. The molecule has 0 aliphatic carbocycles. The fourth-order valence-electron chi connectivity index (χ4n) is 1.21. The number of hydrogen-bond donors (Lipinski definition) is 0. The Morgan fingerprint density at radius 3 is 2.88 bits per heavy atom. The van der Waals surface area contributed by atoms with Crippen LogP contribution in [0.5, 0.6) is 0 Å². The number of hydrogen-bond acceptors (Lipinski definition) is 3. The molecule has 0 bridgehead atoms. The fraction of sp³-hybridized carbons (Fsp3) is 0.100. The van der Waals surface area contributed by atoms with E-state index in [-0.39, 0.29) is 0 Å². The molecule has 0 saturated heterocycles. The van der Waals surface area contributed by atoms with Crippen molar-refractivity contribution in [2.24, 2.45) is 0 Å². The standard InChI is InChI=1S/C10H8Cl2N4/c1-2-5-16-14-10(13-15-16)8-4-3-7(11)6-9(8)12/h2-4,6H,1,5H2. The predicted octanol–water partition coefficient (Wildman–Crippen LogP) is 2.83. The molecule has 16 heavy (non-hydrogen) atoms. The summed E-state index contributed by atoms with van der Waals surface area (Å²) in [4.78, 5) is 1.44. The normalized spacial score (nSPS) is 10.4. The lowest BCUT2D eigenvalue weighted by Gasteiger charge is -1.98. The molecule has 2 rings (SSSR count). The van der Waals surface area contributed by atoms with Crippen LogP contribution >= 0.6 is 23.2 Å². The lowest BCUT2D eigenvalue weighted by atomic mass is 10.2. The maximum absolute atomic E-state index is 6.03. The summed E-state index contributed by atoms with van der Waals surface area (Å²) in [5, 5.41) is 13.0. The minimum atomic E-state index is 0.475. The van der Waals surface area contributed by atoms with Crippen molar-refractivity contribution in [1.82, 2.24) is 20.2 Å². The molecule has 0 saturated carbocycles. The topological polar surface area (TPSA) is 43.6 Å². The minimum absolute atomic E-state index is 0.475. The first kappa shape index (κ1) is 11.1. The van der Waals surface area contributed by atoms with Gasteiger partial charge in [0, 0.05) is 10.6 Å². The molecule has 0 unspecified atom stereocenters. The van der Waals surface area contributed by atoms with Gasteiger partial charge in [-0.2, -0.15) is 4.80 Å². The van der Waals surface area contributed by atoms with Crippen molar-refractivity contribution in [2.45, 2.75) is 6.54 Å². The first-order chi connectivity index (χ1) is 7.70. The van der Waals surface area contributed by atoms with E-state index in [0.717, 1.165) is 0 Å². The summed E-state index contributed by atoms with van der Waals surface area (Å²) in [6.07, 6.45) is 1.69. The van der Waals surface area contributed by atoms with E-state index in [9.17, 15) is 0 Å². The zero-order valence-electron chi connectivity index (χ0n) is 8.27. The van der Waals surface area contributed by atoms with Crippen molar-refractivity contribution in [2.75, 3.05) is 0 Å². The number of nitrogens with zero attached hydrogens (tertiary/aromatic N) is 4. The van der Waals surface area contributed by atoms with E-state index >= 15 is 0 Å². The molecule has 0 amide bonds. The van der Waals surface area contributed by atoms with Gasteiger partial charge in [0.25, 0.3) is 0 Å². The average Bonchev–Trinajstić information content (AvgIpc) is 2.67. The molecule has 4 nitrogen and oxygen atoms in total. The monoisotopic (exact) mass is 254 g/mol. The molecule has 0 N–H and O–H groups in total. The van der Waals surface area contributed by atoms with Gasteiger partial charge in [-0.25, -0.2) is 0 Å². The zero-order chi connectivity index (χ0) is 11.5. The summed E-state index contributed by atoms with van der Waals surface area (Å²) >= 11 is 11.8. The number of rotatable bonds is 3. The smallest absolute Gasteiger partial charge is 0.160 e. The van der Waals surface area contributed by atoms with Crippen LogP contribution in [0.1, 0.15) is 0 Å². The van der Waals surface area contributed by atoms with Crippen LogP contribution in [0.3, 0.4) is 0 Å². The molecule has 0 spiro atoms. The van der Waals surface area contributed by atoms with Crippen LogP contribution in [0.2, 0.25) is 10.0 Å². The van der Waals surface area contributed by atoms with E-state index < -0.39 is 0 Å². The molecule has 82 valence electrons. The number of aromatic nitrogens is 4. The second kappa shape index (κ2) is 4.63. The van der Waals surface area contributed by atoms with Crippen LogP contribution in [-0.2, 0) is 6.54 Å². The van der Waals surface area contributed by atoms with E-state index in [2.05, 4.69) is 22.0 Å². The lowest BCUT2D eigenvalue weighted by Crippen LogP contribution is -1.99. The van der Waals surface area contributed by atoms with Crippen LogP contribution in [0.15, 0.2) is 30.9 Å². The number of benzene rings is 1. The molecule has 2 aromatic rings. The van der Waals surface area contributed by atoms with Gasteiger partial charge in [-0.15, -0.1) is 16.8 Å². The summed E-state index contributed by atoms with van der Waals surface area (Å²) in [5.74, 6) is 0.475. The second-order valence-corrected chi connectivity index (χ2v) is 3.92. The Labute approximate surface area is 102 Å². The summed E-state index contributed by atoms with van der Waals surface area (Å²) in [6.45, 7) is 4.11. The number of tetrazole rings is 1. The van der Waals surface area contributed by atoms with Crippen molar-refractivity contribution in [3.8, 4) is 11.4 Å². The molecule has 0 aliphatic heterocycles. The van der Waals surface area contributed by atoms with Gasteiger partial charge in [-0.3, -0.25) is 0 Å². The summed E-state index contributed by atoms with van der Waals surface area (Å²) in [5.41, 5.74) is 0.710. The molecular weight excluding hydrogens is 247 g/mol. The lowest BCUT2D eigenvalue weighted by molar-refractivity contribution is 0.583. The molecule has 1 aromatic carbocycles. The highest BCUT2D eigenvalue weighted by Crippen LogP contribution is 2.27. The molecule has 0 radical (unpaired) electrons. The van der Waals surface area contributed by atoms with Gasteiger partial charge < -0.3 is 0 Å². The largest absolute Gasteiger partial charge is 0.206 e. The third-order valence-corrected chi connectivity index (χ3v) is 2.47. The first-order valence-corrected chi connectivity index (χ1v) is 5.30. The van der Waals surface area contributed by atoms with Gasteiger partial charge in [0.1, 0.15) is 0 Å². The highest BCUT2D eigenvalue weighted by molar-refractivity contribution is 6.36. The van der Waals surface area contributed by atoms with E-state index in [4.69, 9.17) is 23.2 Å². The van der Waals surface area contributed by atoms with Crippen LogP contribution in [-0.4, -0.2) is 20.2 Å². The van der Waals surface area contributed by atoms with Gasteiger partial charge in [-0.1, -0.05) is 29.3 Å². The molecule has 0 aliphatic rings.